The Kier molecular flexibility index (Phi) is 5.20. The van der Waals surface area contributed by atoms with Gasteiger partial charge in [0.25, 0.3) is 0 Å². The normalized spacial score (nSPS) is 10.8. The van der Waals surface area contributed by atoms with Crippen molar-refractivity contribution in [2.24, 2.45) is 0 Å². The first-order chi connectivity index (χ1) is 14.2. The molecular weight excluding hydrogens is 370 g/mol. The van der Waals surface area contributed by atoms with Crippen molar-refractivity contribution in [3.05, 3.63) is 71.9 Å². The van der Waals surface area contributed by atoms with Gasteiger partial charge >= 0.3 is 5.97 Å². The van der Waals surface area contributed by atoms with Crippen molar-refractivity contribution in [2.45, 2.75) is 20.5 Å². The number of hydrogen-bond donors (Lipinski definition) is 0. The van der Waals surface area contributed by atoms with Crippen molar-refractivity contribution in [1.82, 2.24) is 15.0 Å². The number of nitrogens with zero attached hydrogens (tertiary/aromatic N) is 3. The average molecular weight is 389 g/mol. The molecule has 0 N–H and O–H groups in total. The molecule has 29 heavy (non-hydrogen) atoms. The van der Waals surface area contributed by atoms with Crippen LogP contribution in [0.2, 0.25) is 0 Å². The minimum atomic E-state index is -0.591. The quantitative estimate of drug-likeness (QED) is 0.453. The van der Waals surface area contributed by atoms with Crippen molar-refractivity contribution in [3.8, 4) is 17.3 Å². The van der Waals surface area contributed by atoms with Gasteiger partial charge in [0.1, 0.15) is 18.1 Å². The van der Waals surface area contributed by atoms with Crippen LogP contribution in [0.3, 0.4) is 0 Å². The second-order valence-electron chi connectivity index (χ2n) is 6.27. The first kappa shape index (κ1) is 18.6. The molecule has 2 heterocycles. The van der Waals surface area contributed by atoms with E-state index in [1.165, 1.54) is 0 Å². The summed E-state index contributed by atoms with van der Waals surface area (Å²) < 4.78 is 16.7. The molecular formula is C22H19N3O4. The van der Waals surface area contributed by atoms with Crippen LogP contribution in [-0.4, -0.2) is 27.5 Å². The van der Waals surface area contributed by atoms with Gasteiger partial charge in [-0.05, 0) is 38.1 Å². The minimum absolute atomic E-state index is 0.0394. The highest BCUT2D eigenvalue weighted by Crippen LogP contribution is 2.25. The lowest BCUT2D eigenvalue weighted by molar-refractivity contribution is 0.0511. The lowest BCUT2D eigenvalue weighted by atomic mass is 10.2. The van der Waals surface area contributed by atoms with Gasteiger partial charge in [-0.2, -0.15) is 4.98 Å². The molecule has 4 aromatic rings. The van der Waals surface area contributed by atoms with Crippen molar-refractivity contribution >= 4 is 16.9 Å². The van der Waals surface area contributed by atoms with Gasteiger partial charge in [0.15, 0.2) is 0 Å². The molecule has 0 aliphatic carbocycles. The third-order valence-corrected chi connectivity index (χ3v) is 4.29. The topological polar surface area (TPSA) is 87.3 Å². The van der Waals surface area contributed by atoms with Gasteiger partial charge in [-0.1, -0.05) is 30.3 Å². The molecule has 0 saturated heterocycles. The molecule has 0 unspecified atom stereocenters. The number of oxazole rings is 1. The number of hydrogen-bond acceptors (Lipinski definition) is 7. The highest BCUT2D eigenvalue weighted by Gasteiger charge is 2.17. The summed E-state index contributed by atoms with van der Waals surface area (Å²) >= 11 is 0. The Morgan fingerprint density at radius 3 is 2.55 bits per heavy atom. The van der Waals surface area contributed by atoms with E-state index in [0.717, 1.165) is 5.56 Å². The van der Waals surface area contributed by atoms with Crippen LogP contribution in [0.5, 0.6) is 5.88 Å². The highest BCUT2D eigenvalue weighted by molar-refractivity contribution is 5.90. The number of para-hydroxylation sites is 1. The predicted molar refractivity (Wildman–Crippen MR) is 107 cm³/mol. The van der Waals surface area contributed by atoms with E-state index < -0.39 is 5.97 Å². The van der Waals surface area contributed by atoms with Crippen LogP contribution in [0.15, 0.2) is 59.0 Å². The molecule has 4 rings (SSSR count). The zero-order valence-corrected chi connectivity index (χ0v) is 16.1. The Morgan fingerprint density at radius 1 is 1.00 bits per heavy atom. The van der Waals surface area contributed by atoms with Crippen LogP contribution in [0.25, 0.3) is 22.4 Å². The lowest BCUT2D eigenvalue weighted by Gasteiger charge is -2.09. The summed E-state index contributed by atoms with van der Waals surface area (Å²) in [5.41, 5.74) is 2.14. The van der Waals surface area contributed by atoms with Crippen LogP contribution in [0.4, 0.5) is 0 Å². The van der Waals surface area contributed by atoms with E-state index in [0.29, 0.717) is 34.1 Å². The van der Waals surface area contributed by atoms with Crippen molar-refractivity contribution in [3.63, 3.8) is 0 Å². The third-order valence-electron chi connectivity index (χ3n) is 4.29. The van der Waals surface area contributed by atoms with Gasteiger partial charge in [0.05, 0.1) is 17.5 Å². The molecule has 0 amide bonds. The molecule has 0 fully saturated rings. The van der Waals surface area contributed by atoms with Crippen LogP contribution < -0.4 is 4.74 Å². The molecule has 0 aliphatic rings. The Labute approximate surface area is 167 Å². The summed E-state index contributed by atoms with van der Waals surface area (Å²) in [7, 11) is 0. The number of carbonyl (C=O) groups is 1. The largest absolute Gasteiger partial charge is 0.470 e. The zero-order valence-electron chi connectivity index (χ0n) is 16.1. The standard InChI is InChI=1S/C22H19N3O4/c1-3-27-22(26)19-23-17-12-8-7-11-16(17)21(25-19)28-13-18-14(2)29-20(24-18)15-9-5-4-6-10-15/h4-12H,3,13H2,1-2H3. The van der Waals surface area contributed by atoms with Crippen LogP contribution in [0.1, 0.15) is 29.0 Å². The van der Waals surface area contributed by atoms with Crippen molar-refractivity contribution < 1.29 is 18.7 Å². The highest BCUT2D eigenvalue weighted by atomic mass is 16.5. The number of ether oxygens (including phenoxy) is 2. The van der Waals surface area contributed by atoms with Crippen LogP contribution in [0, 0.1) is 6.92 Å². The maximum absolute atomic E-state index is 12.1. The molecule has 0 atom stereocenters. The number of fused-ring (bicyclic) bond motifs is 1. The summed E-state index contributed by atoms with van der Waals surface area (Å²) in [6, 6.07) is 17.0. The van der Waals surface area contributed by atoms with Gasteiger partial charge in [0, 0.05) is 5.56 Å². The lowest BCUT2D eigenvalue weighted by Crippen LogP contribution is -2.11. The smallest absolute Gasteiger partial charge is 0.376 e. The van der Waals surface area contributed by atoms with Crippen LogP contribution >= 0.6 is 0 Å². The van der Waals surface area contributed by atoms with Crippen LogP contribution in [-0.2, 0) is 11.3 Å². The predicted octanol–water partition coefficient (Wildman–Crippen LogP) is 4.35. The summed E-state index contributed by atoms with van der Waals surface area (Å²) in [6.45, 7) is 3.95. The number of esters is 1. The Morgan fingerprint density at radius 2 is 1.76 bits per heavy atom. The maximum Gasteiger partial charge on any atom is 0.376 e. The maximum atomic E-state index is 12.1. The van der Waals surface area contributed by atoms with Crippen molar-refractivity contribution in [2.75, 3.05) is 6.61 Å². The molecule has 0 spiro atoms. The first-order valence-electron chi connectivity index (χ1n) is 9.24. The van der Waals surface area contributed by atoms with Crippen molar-refractivity contribution in [1.29, 1.82) is 0 Å². The fraction of sp³-hybridized carbons (Fsp3) is 0.182. The molecule has 0 saturated carbocycles. The van der Waals surface area contributed by atoms with Gasteiger partial charge < -0.3 is 13.9 Å². The van der Waals surface area contributed by atoms with E-state index in [1.54, 1.807) is 13.0 Å². The first-order valence-corrected chi connectivity index (χ1v) is 9.24. The number of benzene rings is 2. The second kappa shape index (κ2) is 8.10. The number of carbonyl (C=O) groups excluding carboxylic acids is 1. The average Bonchev–Trinajstić information content (AvgIpc) is 3.13. The summed E-state index contributed by atoms with van der Waals surface area (Å²) in [5.74, 6) is 0.853. The molecule has 7 nitrogen and oxygen atoms in total. The van der Waals surface area contributed by atoms with E-state index >= 15 is 0 Å². The zero-order chi connectivity index (χ0) is 20.2. The molecule has 0 aliphatic heterocycles. The third kappa shape index (κ3) is 3.94. The van der Waals surface area contributed by atoms with Gasteiger partial charge in [-0.3, -0.25) is 0 Å². The number of aryl methyl sites for hydroxylation is 1. The van der Waals surface area contributed by atoms with E-state index in [9.17, 15) is 4.79 Å². The minimum Gasteiger partial charge on any atom is -0.470 e. The molecule has 146 valence electrons. The SMILES string of the molecule is CCOC(=O)c1nc(OCc2nc(-c3ccccc3)oc2C)c2ccccc2n1. The summed E-state index contributed by atoms with van der Waals surface area (Å²) in [6.07, 6.45) is 0. The summed E-state index contributed by atoms with van der Waals surface area (Å²) in [5, 5.41) is 0.699. The van der Waals surface area contributed by atoms with Gasteiger partial charge in [0.2, 0.25) is 17.6 Å². The second-order valence-corrected chi connectivity index (χ2v) is 6.27. The Hall–Kier alpha value is -3.74. The van der Waals surface area contributed by atoms with E-state index in [4.69, 9.17) is 13.9 Å². The Balaban J connectivity index is 1.63. The van der Waals surface area contributed by atoms with E-state index in [-0.39, 0.29) is 19.0 Å². The molecule has 7 heteroatoms. The number of rotatable bonds is 6. The van der Waals surface area contributed by atoms with Gasteiger partial charge in [-0.15, -0.1) is 0 Å². The molecule has 0 radical (unpaired) electrons. The van der Waals surface area contributed by atoms with E-state index in [2.05, 4.69) is 15.0 Å². The molecule has 2 aromatic heterocycles. The molecule has 0 bridgehead atoms. The Bertz CT molecular complexity index is 1160. The van der Waals surface area contributed by atoms with E-state index in [1.807, 2.05) is 55.5 Å². The molecule has 2 aromatic carbocycles. The monoisotopic (exact) mass is 389 g/mol. The fourth-order valence-electron chi connectivity index (χ4n) is 2.85. The number of aromatic nitrogens is 3. The summed E-state index contributed by atoms with van der Waals surface area (Å²) in [4.78, 5) is 25.2. The fourth-order valence-corrected chi connectivity index (χ4v) is 2.85. The van der Waals surface area contributed by atoms with Gasteiger partial charge in [-0.25, -0.2) is 14.8 Å².